The number of rotatable bonds is 4. The highest BCUT2D eigenvalue weighted by atomic mass is 35.5. The number of nitrogens with one attached hydrogen (secondary N) is 1. The van der Waals surface area contributed by atoms with E-state index in [4.69, 9.17) is 21.4 Å². The first-order valence-corrected chi connectivity index (χ1v) is 11.9. The number of ether oxygens (including phenoxy) is 1. The number of halogens is 1. The van der Waals surface area contributed by atoms with Crippen LogP contribution in [0.3, 0.4) is 0 Å². The maximum atomic E-state index is 13.3. The lowest BCUT2D eigenvalue weighted by Crippen LogP contribution is -2.49. The normalized spacial score (nSPS) is 16.2. The topological polar surface area (TPSA) is 105 Å². The molecular weight excluding hydrogens is 468 g/mol. The highest BCUT2D eigenvalue weighted by Gasteiger charge is 2.29. The number of anilines is 1. The van der Waals surface area contributed by atoms with Crippen LogP contribution in [-0.4, -0.2) is 45.0 Å². The highest BCUT2D eigenvalue weighted by Crippen LogP contribution is 2.30. The van der Waals surface area contributed by atoms with Crippen LogP contribution in [0.5, 0.6) is 0 Å². The Morgan fingerprint density at radius 3 is 2.77 bits per heavy atom. The molecule has 184 valence electrons. The SMILES string of the molecule is Cn1c(C#N)cn2nc(N3CCC[C@@H](NC(=O)OC(C)(C)C)C3)c(Cc3ccccc3Cl)c2c1=O. The van der Waals surface area contributed by atoms with Gasteiger partial charge in [0, 0.05) is 43.2 Å². The fourth-order valence-corrected chi connectivity index (χ4v) is 4.56. The van der Waals surface area contributed by atoms with Crippen molar-refractivity contribution in [3.63, 3.8) is 0 Å². The average molecular weight is 497 g/mol. The molecule has 0 bridgehead atoms. The molecule has 1 fully saturated rings. The van der Waals surface area contributed by atoms with E-state index in [0.29, 0.717) is 29.3 Å². The molecule has 0 unspecified atom stereocenters. The van der Waals surface area contributed by atoms with Gasteiger partial charge in [-0.1, -0.05) is 29.8 Å². The van der Waals surface area contributed by atoms with Crippen LogP contribution in [0.2, 0.25) is 5.02 Å². The minimum absolute atomic E-state index is 0.130. The lowest BCUT2D eigenvalue weighted by atomic mass is 10.0. The van der Waals surface area contributed by atoms with E-state index in [2.05, 4.69) is 10.2 Å². The molecule has 0 spiro atoms. The number of hydrogen-bond acceptors (Lipinski definition) is 6. The molecular formula is C25H29ClN6O3. The molecule has 4 rings (SSSR count). The molecule has 1 amide bonds. The Bertz CT molecular complexity index is 1360. The zero-order valence-corrected chi connectivity index (χ0v) is 21.1. The average Bonchev–Trinajstić information content (AvgIpc) is 3.15. The van der Waals surface area contributed by atoms with Crippen molar-refractivity contribution < 1.29 is 9.53 Å². The summed E-state index contributed by atoms with van der Waals surface area (Å²) in [6.45, 7) is 6.72. The first-order valence-electron chi connectivity index (χ1n) is 11.6. The molecule has 1 N–H and O–H groups in total. The van der Waals surface area contributed by atoms with Gasteiger partial charge in [-0.15, -0.1) is 5.10 Å². The summed E-state index contributed by atoms with van der Waals surface area (Å²) in [7, 11) is 1.58. The number of carbonyl (C=O) groups excluding carboxylic acids is 1. The quantitative estimate of drug-likeness (QED) is 0.591. The Labute approximate surface area is 208 Å². The fourth-order valence-electron chi connectivity index (χ4n) is 4.36. The van der Waals surface area contributed by atoms with E-state index in [0.717, 1.165) is 30.5 Å². The number of piperidine rings is 1. The summed E-state index contributed by atoms with van der Waals surface area (Å²) in [6, 6.07) is 9.42. The van der Waals surface area contributed by atoms with Crippen LogP contribution in [0.25, 0.3) is 5.52 Å². The van der Waals surface area contributed by atoms with Gasteiger partial charge in [0.2, 0.25) is 0 Å². The third-order valence-electron chi connectivity index (χ3n) is 5.98. The third-order valence-corrected chi connectivity index (χ3v) is 6.35. The molecule has 1 aromatic carbocycles. The molecule has 1 atom stereocenters. The number of benzene rings is 1. The Morgan fingerprint density at radius 1 is 1.34 bits per heavy atom. The lowest BCUT2D eigenvalue weighted by molar-refractivity contribution is 0.0500. The van der Waals surface area contributed by atoms with Gasteiger partial charge in [-0.25, -0.2) is 9.31 Å². The predicted molar refractivity (Wildman–Crippen MR) is 134 cm³/mol. The van der Waals surface area contributed by atoms with Gasteiger partial charge in [-0.3, -0.25) is 9.36 Å². The maximum absolute atomic E-state index is 13.3. The predicted octanol–water partition coefficient (Wildman–Crippen LogP) is 3.64. The first-order chi connectivity index (χ1) is 16.6. The van der Waals surface area contributed by atoms with Gasteiger partial charge in [0.25, 0.3) is 5.56 Å². The smallest absolute Gasteiger partial charge is 0.407 e. The summed E-state index contributed by atoms with van der Waals surface area (Å²) >= 11 is 6.45. The summed E-state index contributed by atoms with van der Waals surface area (Å²) in [5.74, 6) is 0.646. The molecule has 10 heteroatoms. The van der Waals surface area contributed by atoms with E-state index in [1.165, 1.54) is 9.08 Å². The number of nitriles is 1. The fraction of sp³-hybridized carbons (Fsp3) is 0.440. The van der Waals surface area contributed by atoms with Crippen molar-refractivity contribution in [2.75, 3.05) is 18.0 Å². The number of carbonyl (C=O) groups is 1. The summed E-state index contributed by atoms with van der Waals surface area (Å²) < 4.78 is 8.25. The van der Waals surface area contributed by atoms with Crippen LogP contribution in [0.4, 0.5) is 10.6 Å². The van der Waals surface area contributed by atoms with Gasteiger partial charge in [0.1, 0.15) is 22.9 Å². The molecule has 0 saturated carbocycles. The van der Waals surface area contributed by atoms with E-state index >= 15 is 0 Å². The number of fused-ring (bicyclic) bond motifs is 1. The van der Waals surface area contributed by atoms with Crippen LogP contribution in [0, 0.1) is 11.3 Å². The zero-order valence-electron chi connectivity index (χ0n) is 20.3. The number of amides is 1. The van der Waals surface area contributed by atoms with Crippen LogP contribution in [-0.2, 0) is 18.2 Å². The number of alkyl carbamates (subject to hydrolysis) is 1. The van der Waals surface area contributed by atoms with Gasteiger partial charge in [-0.05, 0) is 45.2 Å². The van der Waals surface area contributed by atoms with Gasteiger partial charge in [0.05, 0.1) is 6.20 Å². The van der Waals surface area contributed by atoms with E-state index in [-0.39, 0.29) is 17.3 Å². The van der Waals surface area contributed by atoms with E-state index in [1.54, 1.807) is 13.2 Å². The maximum Gasteiger partial charge on any atom is 0.407 e. The molecule has 3 aromatic rings. The van der Waals surface area contributed by atoms with Crippen molar-refractivity contribution in [3.8, 4) is 6.07 Å². The molecule has 9 nitrogen and oxygen atoms in total. The molecule has 1 aliphatic heterocycles. The van der Waals surface area contributed by atoms with E-state index < -0.39 is 11.7 Å². The molecule has 1 saturated heterocycles. The lowest BCUT2D eigenvalue weighted by Gasteiger charge is -2.34. The Balaban J connectivity index is 1.74. The van der Waals surface area contributed by atoms with Crippen molar-refractivity contribution in [2.45, 2.75) is 51.7 Å². The minimum Gasteiger partial charge on any atom is -0.444 e. The molecule has 0 radical (unpaired) electrons. The molecule has 2 aromatic heterocycles. The number of nitrogens with zero attached hydrogens (tertiary/aromatic N) is 5. The van der Waals surface area contributed by atoms with Crippen molar-refractivity contribution in [1.82, 2.24) is 19.5 Å². The van der Waals surface area contributed by atoms with Gasteiger partial charge in [-0.2, -0.15) is 5.26 Å². The standard InChI is InChI=1S/C25H29ClN6O3/c1-25(2,3)35-24(34)28-17-9-7-11-31(14-17)22-19(12-16-8-5-6-10-20(16)26)21-23(33)30(4)18(13-27)15-32(21)29-22/h5-6,8,10,15,17H,7,9,11-12,14H2,1-4H3,(H,28,34)/t17-/m1/s1. The van der Waals surface area contributed by atoms with E-state index in [9.17, 15) is 14.9 Å². The third kappa shape index (κ3) is 5.28. The number of aromatic nitrogens is 3. The van der Waals surface area contributed by atoms with Gasteiger partial charge >= 0.3 is 6.09 Å². The first kappa shape index (κ1) is 24.6. The van der Waals surface area contributed by atoms with Crippen molar-refractivity contribution in [2.24, 2.45) is 7.05 Å². The second-order valence-corrected chi connectivity index (χ2v) is 10.2. The van der Waals surface area contributed by atoms with E-state index in [1.807, 2.05) is 51.1 Å². The monoisotopic (exact) mass is 496 g/mol. The molecule has 0 aliphatic carbocycles. The van der Waals surface area contributed by atoms with Gasteiger partial charge < -0.3 is 15.0 Å². The molecule has 35 heavy (non-hydrogen) atoms. The zero-order chi connectivity index (χ0) is 25.3. The second kappa shape index (κ2) is 9.62. The Morgan fingerprint density at radius 2 is 2.09 bits per heavy atom. The van der Waals surface area contributed by atoms with Crippen LogP contribution >= 0.6 is 11.6 Å². The van der Waals surface area contributed by atoms with Crippen molar-refractivity contribution >= 4 is 29.0 Å². The van der Waals surface area contributed by atoms with Crippen LogP contribution in [0.1, 0.15) is 50.4 Å². The molecule has 3 heterocycles. The van der Waals surface area contributed by atoms with Crippen LogP contribution < -0.4 is 15.8 Å². The van der Waals surface area contributed by atoms with Crippen LogP contribution in [0.15, 0.2) is 35.3 Å². The summed E-state index contributed by atoms with van der Waals surface area (Å²) in [5, 5.41) is 17.8. The largest absolute Gasteiger partial charge is 0.444 e. The Kier molecular flexibility index (Phi) is 6.77. The minimum atomic E-state index is -0.583. The Hall–Kier alpha value is -3.51. The highest BCUT2D eigenvalue weighted by molar-refractivity contribution is 6.31. The summed E-state index contributed by atoms with van der Waals surface area (Å²) in [4.78, 5) is 27.7. The summed E-state index contributed by atoms with van der Waals surface area (Å²) in [6.07, 6.45) is 3.16. The number of hydrogen-bond donors (Lipinski definition) is 1. The van der Waals surface area contributed by atoms with Crippen molar-refractivity contribution in [3.05, 3.63) is 62.7 Å². The van der Waals surface area contributed by atoms with Gasteiger partial charge in [0.15, 0.2) is 5.82 Å². The second-order valence-electron chi connectivity index (χ2n) is 9.79. The molecule has 1 aliphatic rings. The van der Waals surface area contributed by atoms with Crippen molar-refractivity contribution in [1.29, 1.82) is 5.26 Å². The summed E-state index contributed by atoms with van der Waals surface area (Å²) in [5.41, 5.74) is 1.34.